The quantitative estimate of drug-likeness (QED) is 0.640. The van der Waals surface area contributed by atoms with E-state index in [1.165, 1.54) is 6.07 Å². The normalized spacial score (nSPS) is 23.4. The van der Waals surface area contributed by atoms with E-state index in [0.717, 1.165) is 25.7 Å². The van der Waals surface area contributed by atoms with Crippen molar-refractivity contribution < 1.29 is 5.11 Å². The van der Waals surface area contributed by atoms with E-state index in [4.69, 9.17) is 29.6 Å². The molecule has 4 heteroatoms. The van der Waals surface area contributed by atoms with Gasteiger partial charge in [-0.2, -0.15) is 0 Å². The van der Waals surface area contributed by atoms with E-state index in [2.05, 4.69) is 10.9 Å². The summed E-state index contributed by atoms with van der Waals surface area (Å²) in [6, 6.07) is 3.26. The molecular weight excluding hydrogens is 281 g/mol. The monoisotopic (exact) mass is 295 g/mol. The lowest BCUT2D eigenvalue weighted by atomic mass is 9.85. The zero-order valence-electron chi connectivity index (χ0n) is 10.4. The molecule has 19 heavy (non-hydrogen) atoms. The molecule has 2 nitrogen and oxygen atoms in total. The summed E-state index contributed by atoms with van der Waals surface area (Å²) in [7, 11) is 0. The highest BCUT2D eigenvalue weighted by Gasteiger charge is 2.22. The maximum atomic E-state index is 9.85. The molecule has 0 radical (unpaired) electrons. The number of terminal acetylenes is 1. The number of aromatic hydroxyl groups is 1. The molecule has 2 rings (SSSR count). The Hall–Kier alpha value is -1.17. The summed E-state index contributed by atoms with van der Waals surface area (Å²) < 4.78 is 0. The van der Waals surface area contributed by atoms with Crippen LogP contribution in [0.1, 0.15) is 31.2 Å². The van der Waals surface area contributed by atoms with Gasteiger partial charge in [0.1, 0.15) is 5.75 Å². The van der Waals surface area contributed by atoms with E-state index in [1.807, 2.05) is 0 Å². The third-order valence-electron chi connectivity index (χ3n) is 3.41. The summed E-state index contributed by atoms with van der Waals surface area (Å²) in [5, 5.41) is 10.6. The number of phenols is 1. The first kappa shape index (κ1) is 14.2. The fourth-order valence-corrected chi connectivity index (χ4v) is 2.85. The lowest BCUT2D eigenvalue weighted by molar-refractivity contribution is 0.375. The molecule has 2 atom stereocenters. The standard InChI is InChI=1S/C15H15Cl2NO/c1-2-10-5-3-4-6-14(10)18-9-11-7-12(16)8-13(17)15(11)19/h1,7-10,14,19H,3-6H2. The molecule has 100 valence electrons. The van der Waals surface area contributed by atoms with Gasteiger partial charge in [-0.15, -0.1) is 12.3 Å². The molecule has 0 amide bonds. The van der Waals surface area contributed by atoms with Crippen LogP contribution in [0.5, 0.6) is 5.75 Å². The van der Waals surface area contributed by atoms with Crippen LogP contribution in [0, 0.1) is 18.3 Å². The van der Waals surface area contributed by atoms with Gasteiger partial charge < -0.3 is 5.11 Å². The number of halogens is 2. The van der Waals surface area contributed by atoms with Crippen molar-refractivity contribution in [2.24, 2.45) is 10.9 Å². The van der Waals surface area contributed by atoms with Crippen LogP contribution >= 0.6 is 23.2 Å². The van der Waals surface area contributed by atoms with Crippen molar-refractivity contribution in [2.75, 3.05) is 0 Å². The van der Waals surface area contributed by atoms with E-state index in [1.54, 1.807) is 12.3 Å². The van der Waals surface area contributed by atoms with E-state index in [0.29, 0.717) is 10.6 Å². The average Bonchev–Trinajstić information content (AvgIpc) is 2.41. The second kappa shape index (κ2) is 6.32. The van der Waals surface area contributed by atoms with Crippen LogP contribution in [0.25, 0.3) is 0 Å². The zero-order valence-corrected chi connectivity index (χ0v) is 12.0. The van der Waals surface area contributed by atoms with Crippen molar-refractivity contribution in [3.63, 3.8) is 0 Å². The van der Waals surface area contributed by atoms with E-state index in [9.17, 15) is 5.11 Å². The molecule has 0 bridgehead atoms. The van der Waals surface area contributed by atoms with Crippen molar-refractivity contribution >= 4 is 29.4 Å². The van der Waals surface area contributed by atoms with Gasteiger partial charge in [0, 0.05) is 22.7 Å². The van der Waals surface area contributed by atoms with Crippen molar-refractivity contribution in [3.05, 3.63) is 27.7 Å². The van der Waals surface area contributed by atoms with E-state index >= 15 is 0 Å². The van der Waals surface area contributed by atoms with Gasteiger partial charge in [-0.1, -0.05) is 36.0 Å². The number of hydrogen-bond acceptors (Lipinski definition) is 2. The van der Waals surface area contributed by atoms with Gasteiger partial charge >= 0.3 is 0 Å². The smallest absolute Gasteiger partial charge is 0.143 e. The molecule has 1 aliphatic carbocycles. The fourth-order valence-electron chi connectivity index (χ4n) is 2.34. The summed E-state index contributed by atoms with van der Waals surface area (Å²) >= 11 is 11.8. The Morgan fingerprint density at radius 2 is 2.05 bits per heavy atom. The van der Waals surface area contributed by atoms with Crippen LogP contribution in [0.15, 0.2) is 17.1 Å². The van der Waals surface area contributed by atoms with E-state index in [-0.39, 0.29) is 22.7 Å². The molecule has 0 heterocycles. The summed E-state index contributed by atoms with van der Waals surface area (Å²) in [6.45, 7) is 0. The van der Waals surface area contributed by atoms with Gasteiger partial charge in [-0.05, 0) is 25.0 Å². The molecule has 0 saturated heterocycles. The highest BCUT2D eigenvalue weighted by Crippen LogP contribution is 2.31. The summed E-state index contributed by atoms with van der Waals surface area (Å²) in [4.78, 5) is 4.50. The van der Waals surface area contributed by atoms with Gasteiger partial charge in [0.05, 0.1) is 11.1 Å². The van der Waals surface area contributed by atoms with Crippen LogP contribution in [-0.2, 0) is 0 Å². The topological polar surface area (TPSA) is 32.6 Å². The second-order valence-electron chi connectivity index (χ2n) is 4.73. The predicted molar refractivity (Wildman–Crippen MR) is 80.3 cm³/mol. The van der Waals surface area contributed by atoms with Crippen molar-refractivity contribution in [2.45, 2.75) is 31.7 Å². The SMILES string of the molecule is C#CC1CCCCC1N=Cc1cc(Cl)cc(Cl)c1O. The number of phenolic OH excluding ortho intramolecular Hbond substituents is 1. The first-order chi connectivity index (χ1) is 9.11. The maximum absolute atomic E-state index is 9.85. The van der Waals surface area contributed by atoms with Gasteiger partial charge in [0.2, 0.25) is 0 Å². The molecule has 1 aromatic rings. The summed E-state index contributed by atoms with van der Waals surface area (Å²) in [5.41, 5.74) is 0.527. The minimum Gasteiger partial charge on any atom is -0.506 e. The van der Waals surface area contributed by atoms with Gasteiger partial charge in [-0.3, -0.25) is 4.99 Å². The number of aliphatic imine (C=N–C) groups is 1. The fraction of sp³-hybridized carbons (Fsp3) is 0.400. The van der Waals surface area contributed by atoms with Crippen molar-refractivity contribution in [3.8, 4) is 18.1 Å². The molecule has 0 aromatic heterocycles. The van der Waals surface area contributed by atoms with Crippen LogP contribution in [-0.4, -0.2) is 17.4 Å². The number of nitrogens with zero attached hydrogens (tertiary/aromatic N) is 1. The first-order valence-electron chi connectivity index (χ1n) is 6.29. The second-order valence-corrected chi connectivity index (χ2v) is 5.57. The molecular formula is C15H15Cl2NO. The average molecular weight is 296 g/mol. The summed E-state index contributed by atoms with van der Waals surface area (Å²) in [5.74, 6) is 2.98. The molecule has 1 saturated carbocycles. The van der Waals surface area contributed by atoms with E-state index < -0.39 is 0 Å². The zero-order chi connectivity index (χ0) is 13.8. The Kier molecular flexibility index (Phi) is 4.74. The van der Waals surface area contributed by atoms with Crippen LogP contribution < -0.4 is 0 Å². The molecule has 2 unspecified atom stereocenters. The van der Waals surface area contributed by atoms with Gasteiger partial charge in [0.15, 0.2) is 0 Å². The predicted octanol–water partition coefficient (Wildman–Crippen LogP) is 4.31. The Morgan fingerprint density at radius 1 is 1.32 bits per heavy atom. The Bertz CT molecular complexity index is 534. The maximum Gasteiger partial charge on any atom is 0.143 e. The van der Waals surface area contributed by atoms with Crippen LogP contribution in [0.2, 0.25) is 10.0 Å². The number of hydrogen-bond donors (Lipinski definition) is 1. The molecule has 1 N–H and O–H groups in total. The lowest BCUT2D eigenvalue weighted by Gasteiger charge is -2.24. The van der Waals surface area contributed by atoms with Gasteiger partial charge in [-0.25, -0.2) is 0 Å². The Morgan fingerprint density at radius 3 is 2.79 bits per heavy atom. The van der Waals surface area contributed by atoms with Crippen LogP contribution in [0.3, 0.4) is 0 Å². The third kappa shape index (κ3) is 3.43. The minimum atomic E-state index is 0.00267. The first-order valence-corrected chi connectivity index (χ1v) is 7.04. The molecule has 1 fully saturated rings. The largest absolute Gasteiger partial charge is 0.506 e. The van der Waals surface area contributed by atoms with Crippen molar-refractivity contribution in [1.29, 1.82) is 0 Å². The molecule has 0 spiro atoms. The lowest BCUT2D eigenvalue weighted by Crippen LogP contribution is -2.21. The molecule has 1 aliphatic rings. The third-order valence-corrected chi connectivity index (χ3v) is 3.91. The highest BCUT2D eigenvalue weighted by atomic mass is 35.5. The minimum absolute atomic E-state index is 0.00267. The highest BCUT2D eigenvalue weighted by molar-refractivity contribution is 6.36. The molecule has 0 aliphatic heterocycles. The Balaban J connectivity index is 2.20. The molecule has 1 aromatic carbocycles. The van der Waals surface area contributed by atoms with Gasteiger partial charge in [0.25, 0.3) is 0 Å². The number of benzene rings is 1. The van der Waals surface area contributed by atoms with Crippen LogP contribution in [0.4, 0.5) is 0 Å². The van der Waals surface area contributed by atoms with Crippen molar-refractivity contribution in [1.82, 2.24) is 0 Å². The Labute approximate surface area is 123 Å². The number of rotatable bonds is 2. The summed E-state index contributed by atoms with van der Waals surface area (Å²) in [6.07, 6.45) is 11.4.